The molecule has 0 aliphatic heterocycles. The van der Waals surface area contributed by atoms with Crippen LogP contribution in [0.4, 0.5) is 0 Å². The Kier molecular flexibility index (Phi) is 5.41. The third kappa shape index (κ3) is 3.14. The zero-order valence-corrected chi connectivity index (χ0v) is 13.1. The quantitative estimate of drug-likeness (QED) is 0.865. The summed E-state index contributed by atoms with van der Waals surface area (Å²) in [6.07, 6.45) is 5.70. The summed E-state index contributed by atoms with van der Waals surface area (Å²) in [7, 11) is 0. The fourth-order valence-corrected chi connectivity index (χ4v) is 3.33. The molecule has 1 aromatic rings. The minimum atomic E-state index is 0.174. The maximum absolute atomic E-state index is 12.3. The lowest BCUT2D eigenvalue weighted by Gasteiger charge is -2.29. The summed E-state index contributed by atoms with van der Waals surface area (Å²) in [5, 5.41) is 3.55. The maximum Gasteiger partial charge on any atom is 0.250 e. The molecule has 3 heteroatoms. The van der Waals surface area contributed by atoms with Crippen molar-refractivity contribution in [3.8, 4) is 0 Å². The lowest BCUT2D eigenvalue weighted by atomic mass is 9.90. The van der Waals surface area contributed by atoms with Crippen LogP contribution in [0.2, 0.25) is 0 Å². The van der Waals surface area contributed by atoms with Gasteiger partial charge in [-0.2, -0.15) is 0 Å². The highest BCUT2D eigenvalue weighted by atomic mass is 16.1. The van der Waals surface area contributed by atoms with E-state index >= 15 is 0 Å². The molecule has 0 radical (unpaired) electrons. The molecule has 1 unspecified atom stereocenters. The van der Waals surface area contributed by atoms with Crippen molar-refractivity contribution in [2.24, 2.45) is 5.92 Å². The van der Waals surface area contributed by atoms with Gasteiger partial charge in [-0.25, -0.2) is 0 Å². The number of pyridine rings is 1. The van der Waals surface area contributed by atoms with E-state index in [0.29, 0.717) is 12.0 Å². The van der Waals surface area contributed by atoms with Crippen molar-refractivity contribution in [1.82, 2.24) is 9.88 Å². The van der Waals surface area contributed by atoms with Crippen molar-refractivity contribution in [2.75, 3.05) is 6.54 Å². The van der Waals surface area contributed by atoms with Gasteiger partial charge in [-0.05, 0) is 37.3 Å². The standard InChI is InChI=1S/C17H28N2O/c1-4-13(5-2)12-19-16-9-7-8-15(18-6-3)14(16)10-11-17(19)20/h10-11,13,15,18H,4-9,12H2,1-3H3. The molecule has 2 rings (SSSR count). The summed E-state index contributed by atoms with van der Waals surface area (Å²) in [5.41, 5.74) is 2.80. The lowest BCUT2D eigenvalue weighted by molar-refractivity contribution is 0.386. The van der Waals surface area contributed by atoms with E-state index < -0.39 is 0 Å². The van der Waals surface area contributed by atoms with Crippen LogP contribution in [0.3, 0.4) is 0 Å². The third-order valence-electron chi connectivity index (χ3n) is 4.66. The van der Waals surface area contributed by atoms with Gasteiger partial charge in [0.2, 0.25) is 0 Å². The maximum atomic E-state index is 12.3. The summed E-state index contributed by atoms with van der Waals surface area (Å²) >= 11 is 0. The van der Waals surface area contributed by atoms with Crippen molar-refractivity contribution >= 4 is 0 Å². The van der Waals surface area contributed by atoms with Crippen molar-refractivity contribution < 1.29 is 0 Å². The van der Waals surface area contributed by atoms with Gasteiger partial charge in [0.15, 0.2) is 0 Å². The second-order valence-electron chi connectivity index (χ2n) is 5.87. The highest BCUT2D eigenvalue weighted by Crippen LogP contribution is 2.29. The van der Waals surface area contributed by atoms with E-state index in [2.05, 4.69) is 30.7 Å². The zero-order chi connectivity index (χ0) is 14.5. The highest BCUT2D eigenvalue weighted by molar-refractivity contribution is 5.27. The Morgan fingerprint density at radius 3 is 2.70 bits per heavy atom. The zero-order valence-electron chi connectivity index (χ0n) is 13.1. The largest absolute Gasteiger partial charge is 0.312 e. The smallest absolute Gasteiger partial charge is 0.250 e. The Morgan fingerprint density at radius 1 is 1.30 bits per heavy atom. The van der Waals surface area contributed by atoms with E-state index in [0.717, 1.165) is 32.4 Å². The van der Waals surface area contributed by atoms with E-state index in [9.17, 15) is 4.79 Å². The van der Waals surface area contributed by atoms with E-state index in [1.54, 1.807) is 6.07 Å². The average molecular weight is 276 g/mol. The van der Waals surface area contributed by atoms with Crippen LogP contribution >= 0.6 is 0 Å². The van der Waals surface area contributed by atoms with Gasteiger partial charge in [-0.15, -0.1) is 0 Å². The number of nitrogens with zero attached hydrogens (tertiary/aromatic N) is 1. The Bertz CT molecular complexity index is 488. The Hall–Kier alpha value is -1.09. The van der Waals surface area contributed by atoms with Crippen LogP contribution in [0.1, 0.15) is 63.8 Å². The van der Waals surface area contributed by atoms with Gasteiger partial charge < -0.3 is 9.88 Å². The van der Waals surface area contributed by atoms with Crippen LogP contribution in [-0.2, 0) is 13.0 Å². The van der Waals surface area contributed by atoms with Crippen LogP contribution in [0.25, 0.3) is 0 Å². The van der Waals surface area contributed by atoms with Crippen molar-refractivity contribution in [3.05, 3.63) is 33.7 Å². The number of hydrogen-bond acceptors (Lipinski definition) is 2. The molecule has 0 amide bonds. The van der Waals surface area contributed by atoms with Crippen LogP contribution in [0.15, 0.2) is 16.9 Å². The second kappa shape index (κ2) is 7.07. The molecule has 1 aromatic heterocycles. The molecule has 1 heterocycles. The van der Waals surface area contributed by atoms with Gasteiger partial charge in [0.05, 0.1) is 0 Å². The highest BCUT2D eigenvalue weighted by Gasteiger charge is 2.23. The van der Waals surface area contributed by atoms with Gasteiger partial charge in [-0.1, -0.05) is 39.7 Å². The predicted molar refractivity (Wildman–Crippen MR) is 84.1 cm³/mol. The summed E-state index contributed by atoms with van der Waals surface area (Å²) in [5.74, 6) is 0.610. The van der Waals surface area contributed by atoms with E-state index in [-0.39, 0.29) is 5.56 Å². The van der Waals surface area contributed by atoms with Gasteiger partial charge in [0.25, 0.3) is 5.56 Å². The molecule has 0 saturated heterocycles. The molecule has 1 atom stereocenters. The van der Waals surface area contributed by atoms with Crippen LogP contribution < -0.4 is 10.9 Å². The molecule has 1 aliphatic carbocycles. The molecule has 3 nitrogen and oxygen atoms in total. The Balaban J connectivity index is 2.37. The average Bonchev–Trinajstić information content (AvgIpc) is 2.47. The van der Waals surface area contributed by atoms with E-state index in [4.69, 9.17) is 0 Å². The third-order valence-corrected chi connectivity index (χ3v) is 4.66. The van der Waals surface area contributed by atoms with Gasteiger partial charge >= 0.3 is 0 Å². The summed E-state index contributed by atoms with van der Waals surface area (Å²) < 4.78 is 2.05. The first-order chi connectivity index (χ1) is 9.71. The van der Waals surface area contributed by atoms with Crippen molar-refractivity contribution in [2.45, 2.75) is 65.5 Å². The molecule has 0 saturated carbocycles. The van der Waals surface area contributed by atoms with Gasteiger partial charge in [-0.3, -0.25) is 4.79 Å². The molecular formula is C17H28N2O. The number of nitrogens with one attached hydrogen (secondary N) is 1. The predicted octanol–water partition coefficient (Wildman–Crippen LogP) is 3.27. The molecule has 1 N–H and O–H groups in total. The van der Waals surface area contributed by atoms with Crippen molar-refractivity contribution in [1.29, 1.82) is 0 Å². The minimum absolute atomic E-state index is 0.174. The first-order valence-corrected chi connectivity index (χ1v) is 8.17. The van der Waals surface area contributed by atoms with Crippen LogP contribution in [0, 0.1) is 5.92 Å². The molecule has 1 aliphatic rings. The fourth-order valence-electron chi connectivity index (χ4n) is 3.33. The minimum Gasteiger partial charge on any atom is -0.312 e. The molecular weight excluding hydrogens is 248 g/mol. The topological polar surface area (TPSA) is 34.0 Å². The molecule has 20 heavy (non-hydrogen) atoms. The second-order valence-corrected chi connectivity index (χ2v) is 5.87. The monoisotopic (exact) mass is 276 g/mol. The van der Waals surface area contributed by atoms with Gasteiger partial charge in [0.1, 0.15) is 0 Å². The molecule has 112 valence electrons. The first kappa shape index (κ1) is 15.3. The number of hydrogen-bond donors (Lipinski definition) is 1. The number of rotatable bonds is 6. The van der Waals surface area contributed by atoms with E-state index in [1.807, 2.05) is 6.07 Å². The van der Waals surface area contributed by atoms with Crippen molar-refractivity contribution in [3.63, 3.8) is 0 Å². The number of fused-ring (bicyclic) bond motifs is 1. The summed E-state index contributed by atoms with van der Waals surface area (Å²) in [6.45, 7) is 8.45. The molecule has 0 spiro atoms. The normalized spacial score (nSPS) is 18.3. The molecule has 0 aromatic carbocycles. The SMILES string of the molecule is CCNC1CCCc2c1ccc(=O)n2CC(CC)CC. The number of aromatic nitrogens is 1. The lowest BCUT2D eigenvalue weighted by Crippen LogP contribution is -2.33. The Labute approximate surface area is 122 Å². The molecule has 0 fully saturated rings. The summed E-state index contributed by atoms with van der Waals surface area (Å²) in [4.78, 5) is 12.3. The fraction of sp³-hybridized carbons (Fsp3) is 0.706. The first-order valence-electron chi connectivity index (χ1n) is 8.17. The van der Waals surface area contributed by atoms with Crippen LogP contribution in [0.5, 0.6) is 0 Å². The van der Waals surface area contributed by atoms with E-state index in [1.165, 1.54) is 24.1 Å². The molecule has 0 bridgehead atoms. The Morgan fingerprint density at radius 2 is 2.05 bits per heavy atom. The van der Waals surface area contributed by atoms with Crippen LogP contribution in [-0.4, -0.2) is 11.1 Å². The summed E-state index contributed by atoms with van der Waals surface area (Å²) in [6, 6.07) is 4.24. The van der Waals surface area contributed by atoms with Gasteiger partial charge in [0, 0.05) is 24.3 Å².